The van der Waals surface area contributed by atoms with E-state index in [2.05, 4.69) is 4.98 Å². The summed E-state index contributed by atoms with van der Waals surface area (Å²) in [6, 6.07) is 11.4. The Balaban J connectivity index is 1.80. The smallest absolute Gasteiger partial charge is 0.255 e. The zero-order valence-electron chi connectivity index (χ0n) is 11.5. The van der Waals surface area contributed by atoms with E-state index in [4.69, 9.17) is 0 Å². The van der Waals surface area contributed by atoms with Gasteiger partial charge in [-0.2, -0.15) is 0 Å². The summed E-state index contributed by atoms with van der Waals surface area (Å²) >= 11 is 0. The molecule has 20 heavy (non-hydrogen) atoms. The maximum atomic E-state index is 12.4. The van der Waals surface area contributed by atoms with Gasteiger partial charge in [-0.05, 0) is 25.0 Å². The van der Waals surface area contributed by atoms with Gasteiger partial charge in [0.25, 0.3) is 5.91 Å². The molecule has 0 bridgehead atoms. The fourth-order valence-electron chi connectivity index (χ4n) is 2.81. The highest BCUT2D eigenvalue weighted by Gasteiger charge is 2.39. The fourth-order valence-corrected chi connectivity index (χ4v) is 2.81. The first-order chi connectivity index (χ1) is 9.60. The van der Waals surface area contributed by atoms with Gasteiger partial charge in [0.2, 0.25) is 0 Å². The fraction of sp³-hybridized carbons (Fsp3) is 0.312. The summed E-state index contributed by atoms with van der Waals surface area (Å²) in [5.74, 6) is -0.0180. The Labute approximate surface area is 118 Å². The quantitative estimate of drug-likeness (QED) is 0.877. The van der Waals surface area contributed by atoms with Crippen molar-refractivity contribution in [2.24, 2.45) is 0 Å². The van der Waals surface area contributed by atoms with Crippen LogP contribution in [0.2, 0.25) is 0 Å². The van der Waals surface area contributed by atoms with Crippen LogP contribution in [-0.2, 0) is 5.60 Å². The van der Waals surface area contributed by atoms with Crippen LogP contribution in [0.5, 0.6) is 0 Å². The van der Waals surface area contributed by atoms with Crippen LogP contribution in [-0.4, -0.2) is 34.0 Å². The first-order valence-electron chi connectivity index (χ1n) is 6.81. The van der Waals surface area contributed by atoms with Gasteiger partial charge in [-0.1, -0.05) is 30.3 Å². The number of amides is 1. The summed E-state index contributed by atoms with van der Waals surface area (Å²) < 4.78 is 0. The lowest BCUT2D eigenvalue weighted by Gasteiger charge is -2.24. The molecule has 1 saturated heterocycles. The van der Waals surface area contributed by atoms with Crippen molar-refractivity contribution >= 4 is 5.91 Å². The van der Waals surface area contributed by atoms with Crippen LogP contribution in [0.15, 0.2) is 42.6 Å². The van der Waals surface area contributed by atoms with Gasteiger partial charge in [0, 0.05) is 18.4 Å². The molecule has 2 heterocycles. The Morgan fingerprint density at radius 3 is 2.70 bits per heavy atom. The van der Waals surface area contributed by atoms with Crippen molar-refractivity contribution < 1.29 is 9.90 Å². The van der Waals surface area contributed by atoms with Gasteiger partial charge >= 0.3 is 0 Å². The maximum Gasteiger partial charge on any atom is 0.255 e. The summed E-state index contributed by atoms with van der Waals surface area (Å²) in [6.07, 6.45) is 2.34. The molecule has 1 unspecified atom stereocenters. The first-order valence-corrected chi connectivity index (χ1v) is 6.81. The largest absolute Gasteiger partial charge is 0.383 e. The number of hydrogen-bond donors (Lipinski definition) is 2. The minimum Gasteiger partial charge on any atom is -0.383 e. The first kappa shape index (κ1) is 12.9. The van der Waals surface area contributed by atoms with Crippen LogP contribution in [0, 0.1) is 6.92 Å². The van der Waals surface area contributed by atoms with Gasteiger partial charge in [0.05, 0.1) is 12.1 Å². The van der Waals surface area contributed by atoms with Crippen molar-refractivity contribution in [3.8, 4) is 0 Å². The highest BCUT2D eigenvalue weighted by atomic mass is 16.3. The molecule has 0 saturated carbocycles. The van der Waals surface area contributed by atoms with Gasteiger partial charge in [0.15, 0.2) is 0 Å². The second kappa shape index (κ2) is 4.80. The number of nitrogens with zero attached hydrogens (tertiary/aromatic N) is 1. The number of H-pyrrole nitrogens is 1. The lowest BCUT2D eigenvalue weighted by molar-refractivity contribution is 0.0417. The number of rotatable bonds is 2. The van der Waals surface area contributed by atoms with E-state index in [9.17, 15) is 9.90 Å². The number of carbonyl (C=O) groups excluding carboxylic acids is 1. The zero-order valence-corrected chi connectivity index (χ0v) is 11.5. The molecule has 104 valence electrons. The van der Waals surface area contributed by atoms with Crippen molar-refractivity contribution in [3.05, 3.63) is 59.4 Å². The molecule has 0 radical (unpaired) electrons. The van der Waals surface area contributed by atoms with E-state index >= 15 is 0 Å². The molecule has 4 nitrogen and oxygen atoms in total. The Kier molecular flexibility index (Phi) is 3.10. The number of likely N-dealkylation sites (tertiary alicyclic amines) is 1. The summed E-state index contributed by atoms with van der Waals surface area (Å²) in [4.78, 5) is 17.2. The topological polar surface area (TPSA) is 56.3 Å². The number of hydrogen-bond acceptors (Lipinski definition) is 2. The molecular weight excluding hydrogens is 252 g/mol. The van der Waals surface area contributed by atoms with E-state index in [0.29, 0.717) is 25.1 Å². The van der Waals surface area contributed by atoms with Crippen LogP contribution in [0.1, 0.15) is 28.0 Å². The molecule has 0 aliphatic carbocycles. The molecule has 1 aromatic heterocycles. The molecule has 1 aliphatic rings. The van der Waals surface area contributed by atoms with Crippen LogP contribution in [0.25, 0.3) is 0 Å². The lowest BCUT2D eigenvalue weighted by Crippen LogP contribution is -2.34. The van der Waals surface area contributed by atoms with E-state index in [1.165, 1.54) is 0 Å². The third-order valence-electron chi connectivity index (χ3n) is 4.03. The van der Waals surface area contributed by atoms with Crippen molar-refractivity contribution in [2.45, 2.75) is 18.9 Å². The third kappa shape index (κ3) is 2.12. The summed E-state index contributed by atoms with van der Waals surface area (Å²) in [5.41, 5.74) is 1.50. The molecule has 0 spiro atoms. The number of β-amino-alcohol motifs (C(OH)–C–C–N with tert-alkyl or cyclic N) is 1. The van der Waals surface area contributed by atoms with Crippen LogP contribution < -0.4 is 0 Å². The van der Waals surface area contributed by atoms with Crippen LogP contribution in [0.3, 0.4) is 0 Å². The standard InChI is InChI=1S/C16H18N2O2/c1-12-14(7-9-17-12)15(19)18-10-8-16(20,11-18)13-5-3-2-4-6-13/h2-7,9,17,20H,8,10-11H2,1H3. The molecule has 1 atom stereocenters. The lowest BCUT2D eigenvalue weighted by atomic mass is 9.93. The Hall–Kier alpha value is -2.07. The van der Waals surface area contributed by atoms with E-state index in [1.54, 1.807) is 17.2 Å². The minimum atomic E-state index is -0.929. The highest BCUT2D eigenvalue weighted by Crippen LogP contribution is 2.32. The van der Waals surface area contributed by atoms with Gasteiger partial charge < -0.3 is 15.0 Å². The van der Waals surface area contributed by atoms with E-state index in [0.717, 1.165) is 11.3 Å². The second-order valence-electron chi connectivity index (χ2n) is 5.39. The third-order valence-corrected chi connectivity index (χ3v) is 4.03. The molecule has 3 rings (SSSR count). The van der Waals surface area contributed by atoms with Crippen molar-refractivity contribution in [1.82, 2.24) is 9.88 Å². The Morgan fingerprint density at radius 1 is 1.30 bits per heavy atom. The van der Waals surface area contributed by atoms with Crippen LogP contribution >= 0.6 is 0 Å². The average Bonchev–Trinajstić information content (AvgIpc) is 3.06. The Morgan fingerprint density at radius 2 is 2.05 bits per heavy atom. The van der Waals surface area contributed by atoms with Crippen molar-refractivity contribution in [3.63, 3.8) is 0 Å². The normalized spacial score (nSPS) is 22.2. The number of benzene rings is 1. The van der Waals surface area contributed by atoms with Gasteiger partial charge in [0.1, 0.15) is 5.60 Å². The molecule has 1 fully saturated rings. The summed E-state index contributed by atoms with van der Waals surface area (Å²) in [6.45, 7) is 2.81. The van der Waals surface area contributed by atoms with Gasteiger partial charge in [-0.25, -0.2) is 0 Å². The SMILES string of the molecule is Cc1[nH]ccc1C(=O)N1CCC(O)(c2ccccc2)C1. The maximum absolute atomic E-state index is 12.4. The zero-order chi connectivity index (χ0) is 14.2. The number of nitrogens with one attached hydrogen (secondary N) is 1. The minimum absolute atomic E-state index is 0.0180. The average molecular weight is 270 g/mol. The molecule has 2 aromatic rings. The number of aliphatic hydroxyl groups is 1. The monoisotopic (exact) mass is 270 g/mol. The van der Waals surface area contributed by atoms with E-state index in [1.807, 2.05) is 37.3 Å². The van der Waals surface area contributed by atoms with Crippen LogP contribution in [0.4, 0.5) is 0 Å². The highest BCUT2D eigenvalue weighted by molar-refractivity contribution is 5.95. The number of aromatic amines is 1. The molecular formula is C16H18N2O2. The van der Waals surface area contributed by atoms with Gasteiger partial charge in [-0.3, -0.25) is 4.79 Å². The van der Waals surface area contributed by atoms with Crippen molar-refractivity contribution in [2.75, 3.05) is 13.1 Å². The number of aromatic nitrogens is 1. The Bertz CT molecular complexity index is 620. The van der Waals surface area contributed by atoms with E-state index < -0.39 is 5.60 Å². The molecule has 1 aromatic carbocycles. The summed E-state index contributed by atoms with van der Waals surface area (Å²) in [5, 5.41) is 10.7. The predicted molar refractivity (Wildman–Crippen MR) is 76.4 cm³/mol. The summed E-state index contributed by atoms with van der Waals surface area (Å²) in [7, 11) is 0. The molecule has 2 N–H and O–H groups in total. The molecule has 1 amide bonds. The second-order valence-corrected chi connectivity index (χ2v) is 5.39. The number of carbonyl (C=O) groups is 1. The molecule has 1 aliphatic heterocycles. The van der Waals surface area contributed by atoms with Crippen molar-refractivity contribution in [1.29, 1.82) is 0 Å². The van der Waals surface area contributed by atoms with Gasteiger partial charge in [-0.15, -0.1) is 0 Å². The molecule has 4 heteroatoms. The van der Waals surface area contributed by atoms with E-state index in [-0.39, 0.29) is 5.91 Å². The predicted octanol–water partition coefficient (Wildman–Crippen LogP) is 2.06. The number of aryl methyl sites for hydroxylation is 1.